The van der Waals surface area contributed by atoms with Crippen LogP contribution in [0.15, 0.2) is 36.8 Å². The Morgan fingerprint density at radius 1 is 1.18 bits per heavy atom. The number of urea groups is 1. The first-order chi connectivity index (χ1) is 15.9. The zero-order valence-corrected chi connectivity index (χ0v) is 18.9. The summed E-state index contributed by atoms with van der Waals surface area (Å²) in [5.41, 5.74) is 4.36. The highest BCUT2D eigenvalue weighted by Crippen LogP contribution is 2.30. The van der Waals surface area contributed by atoms with Gasteiger partial charge in [0.1, 0.15) is 0 Å². The Bertz CT molecular complexity index is 1230. The molecule has 2 N–H and O–H groups in total. The monoisotopic (exact) mass is 467 g/mol. The number of sulfone groups is 1. The molecule has 3 aliphatic rings. The smallest absolute Gasteiger partial charge is 0.316 e. The predicted octanol–water partition coefficient (Wildman–Crippen LogP) is 2.02. The van der Waals surface area contributed by atoms with Crippen LogP contribution in [0.3, 0.4) is 0 Å². The summed E-state index contributed by atoms with van der Waals surface area (Å²) in [5, 5.41) is 6.09. The maximum absolute atomic E-state index is 13.4. The second kappa shape index (κ2) is 8.68. The van der Waals surface area contributed by atoms with Gasteiger partial charge in [-0.15, -0.1) is 0 Å². The van der Waals surface area contributed by atoms with E-state index in [9.17, 15) is 18.0 Å². The van der Waals surface area contributed by atoms with Crippen molar-refractivity contribution in [2.45, 2.75) is 25.9 Å². The van der Waals surface area contributed by atoms with Gasteiger partial charge in [-0.3, -0.25) is 14.8 Å². The molecule has 0 aromatic carbocycles. The third-order valence-electron chi connectivity index (χ3n) is 6.42. The molecule has 33 heavy (non-hydrogen) atoms. The first kappa shape index (κ1) is 21.7. The molecular formula is C23H25N5O4S. The van der Waals surface area contributed by atoms with Gasteiger partial charge in [-0.25, -0.2) is 13.2 Å². The SMILES string of the molecule is O=C(c1cc(C2=CCNCC2)ncc1NC(=O)N1Cc2ccncc2C1)C1CCS(=O)(=O)C1. The molecule has 0 saturated carbocycles. The third-order valence-corrected chi connectivity index (χ3v) is 8.19. The summed E-state index contributed by atoms with van der Waals surface area (Å²) in [6, 6.07) is 3.25. The number of pyridine rings is 2. The largest absolute Gasteiger partial charge is 0.322 e. The summed E-state index contributed by atoms with van der Waals surface area (Å²) in [6.45, 7) is 2.44. The van der Waals surface area contributed by atoms with Crippen LogP contribution in [0, 0.1) is 5.92 Å². The van der Waals surface area contributed by atoms with E-state index in [0.29, 0.717) is 36.5 Å². The van der Waals surface area contributed by atoms with Gasteiger partial charge in [-0.05, 0) is 48.2 Å². The molecular weight excluding hydrogens is 442 g/mol. The van der Waals surface area contributed by atoms with Gasteiger partial charge in [0.15, 0.2) is 15.6 Å². The van der Waals surface area contributed by atoms with Crippen molar-refractivity contribution in [2.75, 3.05) is 29.9 Å². The van der Waals surface area contributed by atoms with Crippen LogP contribution in [0.1, 0.15) is 40.0 Å². The van der Waals surface area contributed by atoms with Crippen LogP contribution in [-0.4, -0.2) is 59.7 Å². The lowest BCUT2D eigenvalue weighted by molar-refractivity contribution is 0.0934. The van der Waals surface area contributed by atoms with Crippen molar-refractivity contribution in [1.82, 2.24) is 20.2 Å². The Hall–Kier alpha value is -3.11. The number of hydrogen-bond donors (Lipinski definition) is 2. The summed E-state index contributed by atoms with van der Waals surface area (Å²) >= 11 is 0. The van der Waals surface area contributed by atoms with Crippen molar-refractivity contribution in [3.8, 4) is 0 Å². The molecule has 0 aliphatic carbocycles. The zero-order valence-electron chi connectivity index (χ0n) is 18.1. The summed E-state index contributed by atoms with van der Waals surface area (Å²) in [5.74, 6) is -1.01. The maximum Gasteiger partial charge on any atom is 0.322 e. The second-order valence-electron chi connectivity index (χ2n) is 8.69. The van der Waals surface area contributed by atoms with Crippen LogP contribution in [0.5, 0.6) is 0 Å². The molecule has 9 nitrogen and oxygen atoms in total. The fourth-order valence-electron chi connectivity index (χ4n) is 4.57. The van der Waals surface area contributed by atoms with Gasteiger partial charge in [-0.1, -0.05) is 6.08 Å². The van der Waals surface area contributed by atoms with Crippen molar-refractivity contribution < 1.29 is 18.0 Å². The summed E-state index contributed by atoms with van der Waals surface area (Å²) < 4.78 is 23.9. The van der Waals surface area contributed by atoms with Gasteiger partial charge in [0.2, 0.25) is 0 Å². The van der Waals surface area contributed by atoms with Crippen molar-refractivity contribution in [2.24, 2.45) is 5.92 Å². The van der Waals surface area contributed by atoms with E-state index in [0.717, 1.165) is 36.2 Å². The number of hydrogen-bond acceptors (Lipinski definition) is 7. The fourth-order valence-corrected chi connectivity index (χ4v) is 6.31. The normalized spacial score (nSPS) is 21.4. The molecule has 0 radical (unpaired) electrons. The number of ketones is 1. The first-order valence-electron chi connectivity index (χ1n) is 11.0. The number of amides is 2. The average molecular weight is 468 g/mol. The van der Waals surface area contributed by atoms with Crippen LogP contribution in [0.4, 0.5) is 10.5 Å². The van der Waals surface area contributed by atoms with E-state index in [4.69, 9.17) is 0 Å². The maximum atomic E-state index is 13.4. The minimum Gasteiger partial charge on any atom is -0.316 e. The molecule has 1 fully saturated rings. The van der Waals surface area contributed by atoms with Crippen LogP contribution >= 0.6 is 0 Å². The fraction of sp³-hybridized carbons (Fsp3) is 0.391. The van der Waals surface area contributed by atoms with Crippen molar-refractivity contribution in [3.63, 3.8) is 0 Å². The van der Waals surface area contributed by atoms with Gasteiger partial charge in [-0.2, -0.15) is 0 Å². The van der Waals surface area contributed by atoms with Crippen LogP contribution in [0.25, 0.3) is 5.57 Å². The van der Waals surface area contributed by atoms with Crippen molar-refractivity contribution in [3.05, 3.63) is 59.2 Å². The summed E-state index contributed by atoms with van der Waals surface area (Å²) in [6.07, 6.45) is 8.08. The topological polar surface area (TPSA) is 121 Å². The zero-order chi connectivity index (χ0) is 23.0. The first-order valence-corrected chi connectivity index (χ1v) is 12.8. The van der Waals surface area contributed by atoms with E-state index >= 15 is 0 Å². The molecule has 10 heteroatoms. The third kappa shape index (κ3) is 4.53. The second-order valence-corrected chi connectivity index (χ2v) is 10.9. The molecule has 2 amide bonds. The van der Waals surface area contributed by atoms with E-state index in [-0.39, 0.29) is 23.3 Å². The number of nitrogens with one attached hydrogen (secondary N) is 2. The Morgan fingerprint density at radius 3 is 2.76 bits per heavy atom. The molecule has 1 atom stereocenters. The molecule has 0 bridgehead atoms. The highest BCUT2D eigenvalue weighted by Gasteiger charge is 2.35. The number of rotatable bonds is 4. The number of aromatic nitrogens is 2. The number of fused-ring (bicyclic) bond motifs is 1. The van der Waals surface area contributed by atoms with Gasteiger partial charge < -0.3 is 15.5 Å². The van der Waals surface area contributed by atoms with Gasteiger partial charge in [0.25, 0.3) is 0 Å². The lowest BCUT2D eigenvalue weighted by Gasteiger charge is -2.20. The lowest BCUT2D eigenvalue weighted by atomic mass is 9.94. The molecule has 2 aromatic rings. The Morgan fingerprint density at radius 2 is 2.03 bits per heavy atom. The van der Waals surface area contributed by atoms with Crippen LogP contribution in [0.2, 0.25) is 0 Å². The summed E-state index contributed by atoms with van der Waals surface area (Å²) in [7, 11) is -3.22. The average Bonchev–Trinajstić information content (AvgIpc) is 3.42. The molecule has 2 aromatic heterocycles. The van der Waals surface area contributed by atoms with Crippen molar-refractivity contribution in [1.29, 1.82) is 0 Å². The summed E-state index contributed by atoms with van der Waals surface area (Å²) in [4.78, 5) is 36.6. The van der Waals surface area contributed by atoms with E-state index < -0.39 is 15.8 Å². The standard InChI is InChI=1S/C23H25N5O4S/c29-22(17-4-8-33(31,32)14-17)19-9-20(15-1-5-24-6-2-15)26-11-21(19)27-23(30)28-12-16-3-7-25-10-18(16)13-28/h1,3,7,9-11,17,24H,2,4-6,8,12-14H2,(H,27,30). The van der Waals surface area contributed by atoms with Crippen LogP contribution in [-0.2, 0) is 22.9 Å². The quantitative estimate of drug-likeness (QED) is 0.660. The van der Waals surface area contributed by atoms with Gasteiger partial charge >= 0.3 is 6.03 Å². The number of Topliss-reactive ketones (excluding diaryl/α,β-unsaturated/α-hetero) is 1. The highest BCUT2D eigenvalue weighted by molar-refractivity contribution is 7.91. The van der Waals surface area contributed by atoms with Crippen LogP contribution < -0.4 is 10.6 Å². The Kier molecular flexibility index (Phi) is 5.71. The molecule has 0 spiro atoms. The van der Waals surface area contributed by atoms with Gasteiger partial charge in [0, 0.05) is 43.5 Å². The highest BCUT2D eigenvalue weighted by atomic mass is 32.2. The lowest BCUT2D eigenvalue weighted by Crippen LogP contribution is -2.31. The van der Waals surface area contributed by atoms with E-state index in [1.54, 1.807) is 23.4 Å². The van der Waals surface area contributed by atoms with E-state index in [2.05, 4.69) is 20.6 Å². The molecule has 5 heterocycles. The van der Waals surface area contributed by atoms with E-state index in [1.807, 2.05) is 12.1 Å². The molecule has 172 valence electrons. The van der Waals surface area contributed by atoms with Gasteiger partial charge in [0.05, 0.1) is 29.1 Å². The number of carbonyl (C=O) groups excluding carboxylic acids is 2. The minimum atomic E-state index is -3.22. The predicted molar refractivity (Wildman–Crippen MR) is 123 cm³/mol. The number of nitrogens with zero attached hydrogens (tertiary/aromatic N) is 3. The number of anilines is 1. The molecule has 5 rings (SSSR count). The molecule has 1 unspecified atom stereocenters. The minimum absolute atomic E-state index is 0.0138. The van der Waals surface area contributed by atoms with E-state index in [1.165, 1.54) is 6.20 Å². The molecule has 3 aliphatic heterocycles. The Balaban J connectivity index is 1.43. The Labute approximate surface area is 192 Å². The number of carbonyl (C=O) groups is 2. The van der Waals surface area contributed by atoms with Crippen molar-refractivity contribution >= 4 is 32.9 Å². The molecule has 1 saturated heterocycles.